The first-order chi connectivity index (χ1) is 10.6. The van der Waals surface area contributed by atoms with E-state index in [1.807, 2.05) is 11.8 Å². The highest BCUT2D eigenvalue weighted by Gasteiger charge is 2.36. The van der Waals surface area contributed by atoms with Crippen LogP contribution in [0.1, 0.15) is 57.2 Å². The van der Waals surface area contributed by atoms with Crippen LogP contribution in [0.25, 0.3) is 0 Å². The van der Waals surface area contributed by atoms with Crippen LogP contribution < -0.4 is 5.32 Å². The van der Waals surface area contributed by atoms with Crippen LogP contribution in [0, 0.1) is 0 Å². The Bertz CT molecular complexity index is 605. The minimum atomic E-state index is 0.0589. The van der Waals surface area contributed by atoms with Gasteiger partial charge in [0, 0.05) is 18.2 Å². The van der Waals surface area contributed by atoms with Crippen LogP contribution in [0.15, 0.2) is 35.4 Å². The topological polar surface area (TPSA) is 32.3 Å². The molecule has 0 aromatic heterocycles. The average molecular weight is 298 g/mol. The molecular weight excluding hydrogens is 272 g/mol. The molecule has 1 aliphatic carbocycles. The Hall–Kier alpha value is -1.61. The zero-order chi connectivity index (χ0) is 15.7. The van der Waals surface area contributed by atoms with E-state index in [-0.39, 0.29) is 12.1 Å². The molecule has 0 unspecified atom stereocenters. The number of hydrogen-bond acceptors (Lipinski definition) is 2. The highest BCUT2D eigenvalue weighted by Crippen LogP contribution is 2.33. The number of rotatable bonds is 4. The maximum Gasteiger partial charge on any atom is 0.251 e. The molecule has 118 valence electrons. The first kappa shape index (κ1) is 15.3. The van der Waals surface area contributed by atoms with Gasteiger partial charge in [0.15, 0.2) is 0 Å². The monoisotopic (exact) mass is 298 g/mol. The molecule has 0 fully saturated rings. The number of hydrogen-bond donors (Lipinski definition) is 1. The Kier molecular flexibility index (Phi) is 4.34. The van der Waals surface area contributed by atoms with Crippen LogP contribution in [0.2, 0.25) is 0 Å². The summed E-state index contributed by atoms with van der Waals surface area (Å²) >= 11 is 0. The van der Waals surface area contributed by atoms with Crippen LogP contribution in [-0.2, 0) is 11.2 Å². The minimum absolute atomic E-state index is 0.0589. The minimum Gasteiger partial charge on any atom is -0.319 e. The molecule has 2 atom stereocenters. The fourth-order valence-electron chi connectivity index (χ4n) is 3.74. The summed E-state index contributed by atoms with van der Waals surface area (Å²) in [6, 6.07) is 9.07. The Morgan fingerprint density at radius 3 is 2.82 bits per heavy atom. The molecule has 2 aliphatic rings. The van der Waals surface area contributed by atoms with E-state index < -0.39 is 0 Å². The van der Waals surface area contributed by atoms with Gasteiger partial charge in [-0.2, -0.15) is 0 Å². The molecule has 3 rings (SSSR count). The lowest BCUT2D eigenvalue weighted by molar-refractivity contribution is -0.127. The largest absolute Gasteiger partial charge is 0.319 e. The van der Waals surface area contributed by atoms with Crippen LogP contribution in [0.3, 0.4) is 0 Å². The summed E-state index contributed by atoms with van der Waals surface area (Å²) < 4.78 is 0. The molecule has 1 N–H and O–H groups in total. The van der Waals surface area contributed by atoms with Gasteiger partial charge in [0.2, 0.25) is 0 Å². The van der Waals surface area contributed by atoms with Crippen LogP contribution in [-0.4, -0.2) is 23.5 Å². The molecule has 22 heavy (non-hydrogen) atoms. The van der Waals surface area contributed by atoms with E-state index in [1.165, 1.54) is 29.5 Å². The normalized spacial score (nSPS) is 24.9. The number of fused-ring (bicyclic) bond motifs is 1. The van der Waals surface area contributed by atoms with Gasteiger partial charge in [-0.05, 0) is 56.2 Å². The quantitative estimate of drug-likeness (QED) is 0.921. The molecule has 0 radical (unpaired) electrons. The maximum atomic E-state index is 12.4. The first-order valence-electron chi connectivity index (χ1n) is 8.45. The standard InChI is InChI=1S/C19H26N2O/c1-4-12-21-18(13(2)14(3)19(21)22)20-17-11-7-9-15-8-5-6-10-16(15)17/h5-6,8,10,17-18,20H,4,7,9,11-12H2,1-3H3/t17-,18+/m0/s1. The lowest BCUT2D eigenvalue weighted by Crippen LogP contribution is -2.47. The summed E-state index contributed by atoms with van der Waals surface area (Å²) in [5, 5.41) is 3.77. The van der Waals surface area contributed by atoms with Crippen molar-refractivity contribution >= 4 is 5.91 Å². The Balaban J connectivity index is 1.85. The summed E-state index contributed by atoms with van der Waals surface area (Å²) in [4.78, 5) is 14.4. The summed E-state index contributed by atoms with van der Waals surface area (Å²) in [6.45, 7) is 6.99. The van der Waals surface area contributed by atoms with Gasteiger partial charge in [-0.25, -0.2) is 0 Å². The molecule has 3 nitrogen and oxygen atoms in total. The second-order valence-corrected chi connectivity index (χ2v) is 6.52. The van der Waals surface area contributed by atoms with Crippen LogP contribution in [0.4, 0.5) is 0 Å². The fourth-order valence-corrected chi connectivity index (χ4v) is 3.74. The van der Waals surface area contributed by atoms with E-state index >= 15 is 0 Å². The third-order valence-electron chi connectivity index (χ3n) is 5.09. The highest BCUT2D eigenvalue weighted by atomic mass is 16.2. The SMILES string of the molecule is CCCN1C(=O)C(C)=C(C)[C@@H]1N[C@H]1CCCc2ccccc21. The lowest BCUT2D eigenvalue weighted by Gasteiger charge is -2.34. The van der Waals surface area contributed by atoms with Crippen molar-refractivity contribution in [3.8, 4) is 0 Å². The van der Waals surface area contributed by atoms with Crippen LogP contribution >= 0.6 is 0 Å². The summed E-state index contributed by atoms with van der Waals surface area (Å²) in [5.41, 5.74) is 4.96. The zero-order valence-electron chi connectivity index (χ0n) is 13.9. The number of carbonyl (C=O) groups is 1. The molecule has 0 bridgehead atoms. The van der Waals surface area contributed by atoms with Crippen molar-refractivity contribution in [3.63, 3.8) is 0 Å². The Labute approximate surface area is 133 Å². The third kappa shape index (κ3) is 2.58. The van der Waals surface area contributed by atoms with Crippen molar-refractivity contribution in [3.05, 3.63) is 46.5 Å². The second kappa shape index (κ2) is 6.25. The van der Waals surface area contributed by atoms with Crippen LogP contribution in [0.5, 0.6) is 0 Å². The van der Waals surface area contributed by atoms with Crippen molar-refractivity contribution in [1.29, 1.82) is 0 Å². The van der Waals surface area contributed by atoms with E-state index in [4.69, 9.17) is 0 Å². The van der Waals surface area contributed by atoms with Crippen molar-refractivity contribution in [2.75, 3.05) is 6.54 Å². The molecule has 1 aliphatic heterocycles. The number of carbonyl (C=O) groups excluding carboxylic acids is 1. The van der Waals surface area contributed by atoms with Gasteiger partial charge >= 0.3 is 0 Å². The van der Waals surface area contributed by atoms with Crippen molar-refractivity contribution in [2.45, 2.75) is 58.7 Å². The number of aryl methyl sites for hydroxylation is 1. The van der Waals surface area contributed by atoms with E-state index in [0.29, 0.717) is 6.04 Å². The number of amides is 1. The first-order valence-corrected chi connectivity index (χ1v) is 8.45. The second-order valence-electron chi connectivity index (χ2n) is 6.52. The Morgan fingerprint density at radius 1 is 1.27 bits per heavy atom. The van der Waals surface area contributed by atoms with Gasteiger partial charge in [-0.3, -0.25) is 10.1 Å². The third-order valence-corrected chi connectivity index (χ3v) is 5.09. The highest BCUT2D eigenvalue weighted by molar-refractivity contribution is 5.96. The molecule has 0 saturated carbocycles. The van der Waals surface area contributed by atoms with E-state index in [2.05, 4.69) is 43.4 Å². The van der Waals surface area contributed by atoms with E-state index in [1.54, 1.807) is 0 Å². The summed E-state index contributed by atoms with van der Waals surface area (Å²) in [6.07, 6.45) is 4.58. The molecule has 1 aromatic carbocycles. The summed E-state index contributed by atoms with van der Waals surface area (Å²) in [7, 11) is 0. The van der Waals surface area contributed by atoms with Crippen molar-refractivity contribution < 1.29 is 4.79 Å². The number of benzene rings is 1. The van der Waals surface area contributed by atoms with E-state index in [9.17, 15) is 4.79 Å². The number of nitrogens with zero attached hydrogens (tertiary/aromatic N) is 1. The molecule has 3 heteroatoms. The van der Waals surface area contributed by atoms with Gasteiger partial charge in [0.05, 0.1) is 0 Å². The fraction of sp³-hybridized carbons (Fsp3) is 0.526. The van der Waals surface area contributed by atoms with Gasteiger partial charge in [0.1, 0.15) is 6.17 Å². The Morgan fingerprint density at radius 2 is 2.05 bits per heavy atom. The zero-order valence-corrected chi connectivity index (χ0v) is 13.9. The van der Waals surface area contributed by atoms with Gasteiger partial charge in [-0.15, -0.1) is 0 Å². The lowest BCUT2D eigenvalue weighted by atomic mass is 9.87. The van der Waals surface area contributed by atoms with Gasteiger partial charge in [-0.1, -0.05) is 31.2 Å². The van der Waals surface area contributed by atoms with Gasteiger partial charge in [0.25, 0.3) is 5.91 Å². The predicted molar refractivity (Wildman–Crippen MR) is 89.4 cm³/mol. The molecule has 1 aromatic rings. The molecule has 1 heterocycles. The van der Waals surface area contributed by atoms with Crippen molar-refractivity contribution in [2.24, 2.45) is 0 Å². The van der Waals surface area contributed by atoms with Gasteiger partial charge < -0.3 is 4.90 Å². The van der Waals surface area contributed by atoms with E-state index in [0.717, 1.165) is 25.0 Å². The molecule has 0 spiro atoms. The smallest absolute Gasteiger partial charge is 0.251 e. The maximum absolute atomic E-state index is 12.4. The molecule has 1 amide bonds. The number of nitrogens with one attached hydrogen (secondary N) is 1. The predicted octanol–water partition coefficient (Wildman–Crippen LogP) is 3.57. The average Bonchev–Trinajstić information content (AvgIpc) is 2.74. The summed E-state index contributed by atoms with van der Waals surface area (Å²) in [5.74, 6) is 0.195. The van der Waals surface area contributed by atoms with Crippen molar-refractivity contribution in [1.82, 2.24) is 10.2 Å². The molecular formula is C19H26N2O. The molecule has 0 saturated heterocycles.